The molecule has 0 aliphatic rings. The van der Waals surface area contributed by atoms with E-state index >= 15 is 0 Å². The molecule has 0 aliphatic carbocycles. The SMILES string of the molecule is CC/C=C\C/C=C\C/C=C\C/C=C\C/C=C\C/C=C\C/C=C\C/C=C\CCCCCCCCC(=O)OC(COC(=O)CCCCCCCCCCCCCCCCCCCCC)COC(OCC[N+](C)(C)C)C(=O)[O-]. The van der Waals surface area contributed by atoms with Crippen LogP contribution in [0.4, 0.5) is 0 Å². The van der Waals surface area contributed by atoms with Crippen molar-refractivity contribution >= 4 is 17.9 Å². The van der Waals surface area contributed by atoms with Gasteiger partial charge in [0, 0.05) is 12.8 Å². The lowest BCUT2D eigenvalue weighted by Gasteiger charge is -2.26. The second-order valence-corrected chi connectivity index (χ2v) is 21.3. The fourth-order valence-corrected chi connectivity index (χ4v) is 8.20. The molecular formula is C66H113NO8. The van der Waals surface area contributed by atoms with E-state index in [2.05, 4.69) is 111 Å². The number of quaternary nitrogens is 1. The molecule has 0 rings (SSSR count). The predicted octanol–water partition coefficient (Wildman–Crippen LogP) is 16.8. The minimum atomic E-state index is -1.63. The predicted molar refractivity (Wildman–Crippen MR) is 315 cm³/mol. The summed E-state index contributed by atoms with van der Waals surface area (Å²) in [6.07, 6.45) is 73.1. The van der Waals surface area contributed by atoms with Crippen LogP contribution in [0.3, 0.4) is 0 Å². The Balaban J connectivity index is 4.27. The maximum absolute atomic E-state index is 12.9. The van der Waals surface area contributed by atoms with Gasteiger partial charge in [-0.25, -0.2) is 0 Å². The van der Waals surface area contributed by atoms with E-state index in [1.807, 2.05) is 21.1 Å². The highest BCUT2D eigenvalue weighted by atomic mass is 16.7. The lowest BCUT2D eigenvalue weighted by atomic mass is 10.0. The number of unbranched alkanes of at least 4 members (excludes halogenated alkanes) is 24. The first-order valence-electron chi connectivity index (χ1n) is 30.4. The maximum Gasteiger partial charge on any atom is 0.306 e. The average Bonchev–Trinajstić information content (AvgIpc) is 3.38. The number of carbonyl (C=O) groups excluding carboxylic acids is 3. The fourth-order valence-electron chi connectivity index (χ4n) is 8.20. The number of nitrogens with zero attached hydrogens (tertiary/aromatic N) is 1. The van der Waals surface area contributed by atoms with Crippen molar-refractivity contribution in [3.05, 3.63) is 97.2 Å². The van der Waals surface area contributed by atoms with Crippen LogP contribution in [0.2, 0.25) is 0 Å². The molecule has 0 aromatic rings. The average molecular weight is 1050 g/mol. The zero-order valence-electron chi connectivity index (χ0n) is 48.9. The van der Waals surface area contributed by atoms with Crippen LogP contribution in [0.1, 0.15) is 245 Å². The minimum Gasteiger partial charge on any atom is -0.545 e. The van der Waals surface area contributed by atoms with E-state index in [-0.39, 0.29) is 38.6 Å². The molecule has 2 unspecified atom stereocenters. The van der Waals surface area contributed by atoms with Gasteiger partial charge in [0.05, 0.1) is 40.3 Å². The van der Waals surface area contributed by atoms with Crippen molar-refractivity contribution in [2.75, 3.05) is 47.5 Å². The molecule has 0 aliphatic heterocycles. The molecule has 0 heterocycles. The summed E-state index contributed by atoms with van der Waals surface area (Å²) in [6.45, 7) is 4.63. The number of likely N-dealkylation sites (N-methyl/N-ethyl adjacent to an activating group) is 1. The third-order valence-corrected chi connectivity index (χ3v) is 12.8. The topological polar surface area (TPSA) is 111 Å². The number of carboxylic acid groups (broad SMARTS) is 1. The van der Waals surface area contributed by atoms with Crippen molar-refractivity contribution in [1.82, 2.24) is 0 Å². The molecule has 2 atom stereocenters. The van der Waals surface area contributed by atoms with Crippen molar-refractivity contribution in [3.8, 4) is 0 Å². The highest BCUT2D eigenvalue weighted by Crippen LogP contribution is 2.16. The number of ether oxygens (including phenoxy) is 4. The van der Waals surface area contributed by atoms with E-state index in [0.29, 0.717) is 17.4 Å². The Labute approximate surface area is 461 Å². The van der Waals surface area contributed by atoms with Gasteiger partial charge < -0.3 is 33.3 Å². The summed E-state index contributed by atoms with van der Waals surface area (Å²) in [5.74, 6) is -2.30. The summed E-state index contributed by atoms with van der Waals surface area (Å²) >= 11 is 0. The largest absolute Gasteiger partial charge is 0.545 e. The smallest absolute Gasteiger partial charge is 0.306 e. The zero-order chi connectivity index (χ0) is 54.8. The molecule has 75 heavy (non-hydrogen) atoms. The Morgan fingerprint density at radius 3 is 1.13 bits per heavy atom. The van der Waals surface area contributed by atoms with Crippen LogP contribution in [0.5, 0.6) is 0 Å². The van der Waals surface area contributed by atoms with Gasteiger partial charge in [0.2, 0.25) is 0 Å². The molecular weight excluding hydrogens is 935 g/mol. The number of esters is 2. The first-order valence-corrected chi connectivity index (χ1v) is 30.4. The summed E-state index contributed by atoms with van der Waals surface area (Å²) in [6, 6.07) is 0. The number of hydrogen-bond acceptors (Lipinski definition) is 8. The number of allylic oxidation sites excluding steroid dienone is 16. The Morgan fingerprint density at radius 2 is 0.760 bits per heavy atom. The van der Waals surface area contributed by atoms with Crippen LogP contribution < -0.4 is 5.11 Å². The Kier molecular flexibility index (Phi) is 53.6. The standard InChI is InChI=1S/C66H113NO8/c1-6-8-10-12-14-16-18-20-22-24-26-27-28-29-30-31-32-33-34-35-36-37-39-41-43-45-47-49-51-53-55-57-64(69)75-62(61-74-66(65(70)71)72-59-58-67(3,4)5)60-73-63(68)56-54-52-50-48-46-44-42-40-38-25-23-21-19-17-15-13-11-9-7-2/h8,10,14,16,20,22,26-27,29-30,32-33,35-36,39,41,62,66H,6-7,9,11-13,15,17-19,21,23-25,28,31,34,37-38,40,42-61H2,1-5H3/b10-8-,16-14-,22-20-,27-26-,30-29-,33-32-,36-35-,41-39-. The molecule has 430 valence electrons. The van der Waals surface area contributed by atoms with Gasteiger partial charge in [0.15, 0.2) is 12.4 Å². The van der Waals surface area contributed by atoms with Crippen molar-refractivity contribution < 1.29 is 42.9 Å². The number of carboxylic acids is 1. The molecule has 0 aromatic carbocycles. The molecule has 9 heteroatoms. The van der Waals surface area contributed by atoms with E-state index in [1.54, 1.807) is 0 Å². The van der Waals surface area contributed by atoms with Crippen LogP contribution in [-0.2, 0) is 33.3 Å². The van der Waals surface area contributed by atoms with Gasteiger partial charge in [-0.1, -0.05) is 252 Å². The number of rotatable bonds is 55. The summed E-state index contributed by atoms with van der Waals surface area (Å²) in [7, 11) is 5.91. The molecule has 0 spiro atoms. The van der Waals surface area contributed by atoms with Crippen molar-refractivity contribution in [3.63, 3.8) is 0 Å². The van der Waals surface area contributed by atoms with Gasteiger partial charge in [0.25, 0.3) is 0 Å². The summed E-state index contributed by atoms with van der Waals surface area (Å²) < 4.78 is 22.7. The van der Waals surface area contributed by atoms with Gasteiger partial charge in [-0.3, -0.25) is 9.59 Å². The zero-order valence-corrected chi connectivity index (χ0v) is 48.9. The van der Waals surface area contributed by atoms with Crippen molar-refractivity contribution in [2.24, 2.45) is 0 Å². The van der Waals surface area contributed by atoms with Gasteiger partial charge in [-0.2, -0.15) is 0 Å². The van der Waals surface area contributed by atoms with Crippen molar-refractivity contribution in [2.45, 2.75) is 257 Å². The third kappa shape index (κ3) is 57.7. The third-order valence-electron chi connectivity index (χ3n) is 12.8. The number of aliphatic carboxylic acids is 1. The molecule has 0 saturated heterocycles. The van der Waals surface area contributed by atoms with Gasteiger partial charge in [0.1, 0.15) is 13.2 Å². The molecule has 0 radical (unpaired) electrons. The molecule has 0 amide bonds. The second kappa shape index (κ2) is 56.4. The van der Waals surface area contributed by atoms with Gasteiger partial charge in [-0.15, -0.1) is 0 Å². The van der Waals surface area contributed by atoms with E-state index in [4.69, 9.17) is 18.9 Å². The number of hydrogen-bond donors (Lipinski definition) is 0. The molecule has 0 bridgehead atoms. The lowest BCUT2D eigenvalue weighted by molar-refractivity contribution is -0.870. The Hall–Kier alpha value is -3.79. The highest BCUT2D eigenvalue weighted by Gasteiger charge is 2.22. The van der Waals surface area contributed by atoms with E-state index in [0.717, 1.165) is 109 Å². The van der Waals surface area contributed by atoms with E-state index in [1.165, 1.54) is 103 Å². The maximum atomic E-state index is 12.9. The van der Waals surface area contributed by atoms with Crippen LogP contribution in [0.15, 0.2) is 97.2 Å². The minimum absolute atomic E-state index is 0.141. The molecule has 0 saturated carbocycles. The first-order chi connectivity index (χ1) is 36.6. The van der Waals surface area contributed by atoms with Crippen LogP contribution >= 0.6 is 0 Å². The molecule has 0 N–H and O–H groups in total. The van der Waals surface area contributed by atoms with Crippen molar-refractivity contribution in [1.29, 1.82) is 0 Å². The van der Waals surface area contributed by atoms with Gasteiger partial charge in [-0.05, 0) is 77.0 Å². The van der Waals surface area contributed by atoms with Crippen LogP contribution in [0, 0.1) is 0 Å². The normalized spacial score (nSPS) is 13.5. The summed E-state index contributed by atoms with van der Waals surface area (Å²) in [4.78, 5) is 37.3. The fraction of sp³-hybridized carbons (Fsp3) is 0.712. The van der Waals surface area contributed by atoms with E-state index in [9.17, 15) is 19.5 Å². The monoisotopic (exact) mass is 1050 g/mol. The Morgan fingerprint density at radius 1 is 0.413 bits per heavy atom. The highest BCUT2D eigenvalue weighted by molar-refractivity contribution is 5.70. The number of carbonyl (C=O) groups is 3. The molecule has 0 aromatic heterocycles. The molecule has 9 nitrogen and oxygen atoms in total. The first kappa shape index (κ1) is 71.2. The van der Waals surface area contributed by atoms with E-state index < -0.39 is 24.3 Å². The summed E-state index contributed by atoms with van der Waals surface area (Å²) in [5.41, 5.74) is 0. The van der Waals surface area contributed by atoms with Crippen LogP contribution in [0.25, 0.3) is 0 Å². The lowest BCUT2D eigenvalue weighted by Crippen LogP contribution is -2.44. The second-order valence-electron chi connectivity index (χ2n) is 21.3. The quantitative estimate of drug-likeness (QED) is 0.0195. The van der Waals surface area contributed by atoms with Crippen LogP contribution in [-0.4, -0.2) is 82.3 Å². The molecule has 0 fully saturated rings. The van der Waals surface area contributed by atoms with Gasteiger partial charge >= 0.3 is 11.9 Å². The Bertz CT molecular complexity index is 1550. The summed E-state index contributed by atoms with van der Waals surface area (Å²) in [5, 5.41) is 11.8.